The number of hydrogen-bond donors (Lipinski definition) is 0. The van der Waals surface area contributed by atoms with Gasteiger partial charge in [-0.2, -0.15) is 0 Å². The molecule has 0 unspecified atom stereocenters. The Morgan fingerprint density at radius 1 is 0.867 bits per heavy atom. The lowest BCUT2D eigenvalue weighted by Gasteiger charge is -2.42. The van der Waals surface area contributed by atoms with E-state index >= 15 is 0 Å². The van der Waals surface area contributed by atoms with Gasteiger partial charge in [0, 0.05) is 43.0 Å². The fourth-order valence-electron chi connectivity index (χ4n) is 4.79. The van der Waals surface area contributed by atoms with Gasteiger partial charge in [0.2, 0.25) is 11.8 Å². The number of carbonyl (C=O) groups is 2. The first-order valence-electron chi connectivity index (χ1n) is 11.3. The Morgan fingerprint density at radius 2 is 1.53 bits per heavy atom. The third-order valence-corrected chi connectivity index (χ3v) is 7.64. The highest BCUT2D eigenvalue weighted by molar-refractivity contribution is 8.00. The SMILES string of the molecule is O=C(CSc1ccccc1)N1CCC(N2CCC(C(=O)N3CCOCC3)CC2)CC1. The maximum Gasteiger partial charge on any atom is 0.232 e. The Balaban J connectivity index is 1.17. The van der Waals surface area contributed by atoms with Crippen LogP contribution in [-0.4, -0.2) is 90.8 Å². The van der Waals surface area contributed by atoms with E-state index < -0.39 is 0 Å². The van der Waals surface area contributed by atoms with Gasteiger partial charge >= 0.3 is 0 Å². The zero-order valence-electron chi connectivity index (χ0n) is 17.7. The molecule has 0 bridgehead atoms. The van der Waals surface area contributed by atoms with Gasteiger partial charge in [-0.1, -0.05) is 18.2 Å². The van der Waals surface area contributed by atoms with E-state index in [1.165, 1.54) is 0 Å². The highest BCUT2D eigenvalue weighted by Crippen LogP contribution is 2.26. The molecule has 3 aliphatic heterocycles. The van der Waals surface area contributed by atoms with Crippen LogP contribution < -0.4 is 0 Å². The Hall–Kier alpha value is -1.57. The van der Waals surface area contributed by atoms with E-state index in [0.29, 0.717) is 30.9 Å². The van der Waals surface area contributed by atoms with Crippen LogP contribution >= 0.6 is 11.8 Å². The van der Waals surface area contributed by atoms with Crippen LogP contribution in [-0.2, 0) is 14.3 Å². The van der Waals surface area contributed by atoms with E-state index in [2.05, 4.69) is 17.0 Å². The first kappa shape index (κ1) is 21.7. The fourth-order valence-corrected chi connectivity index (χ4v) is 5.61. The molecule has 1 aromatic rings. The third-order valence-electron chi connectivity index (χ3n) is 6.64. The van der Waals surface area contributed by atoms with Crippen LogP contribution in [0.4, 0.5) is 0 Å². The first-order valence-corrected chi connectivity index (χ1v) is 12.3. The quantitative estimate of drug-likeness (QED) is 0.670. The molecule has 4 rings (SSSR count). The largest absolute Gasteiger partial charge is 0.378 e. The Morgan fingerprint density at radius 3 is 2.20 bits per heavy atom. The summed E-state index contributed by atoms with van der Waals surface area (Å²) in [6.07, 6.45) is 4.01. The van der Waals surface area contributed by atoms with Crippen LogP contribution in [0.3, 0.4) is 0 Å². The smallest absolute Gasteiger partial charge is 0.232 e. The molecule has 30 heavy (non-hydrogen) atoms. The molecule has 0 aliphatic carbocycles. The van der Waals surface area contributed by atoms with Crippen molar-refractivity contribution in [2.75, 3.05) is 58.2 Å². The summed E-state index contributed by atoms with van der Waals surface area (Å²) in [5, 5.41) is 0. The van der Waals surface area contributed by atoms with E-state index in [1.807, 2.05) is 28.0 Å². The lowest BCUT2D eigenvalue weighted by atomic mass is 9.92. The predicted octanol–water partition coefficient (Wildman–Crippen LogP) is 2.34. The van der Waals surface area contributed by atoms with Crippen molar-refractivity contribution in [2.45, 2.75) is 36.6 Å². The molecular weight excluding hydrogens is 398 g/mol. The molecule has 3 aliphatic rings. The number of piperidine rings is 2. The molecular formula is C23H33N3O3S. The van der Waals surface area contributed by atoms with E-state index in [9.17, 15) is 9.59 Å². The van der Waals surface area contributed by atoms with Crippen LogP contribution in [0.2, 0.25) is 0 Å². The van der Waals surface area contributed by atoms with Crippen molar-refractivity contribution in [2.24, 2.45) is 5.92 Å². The highest BCUT2D eigenvalue weighted by Gasteiger charge is 2.33. The number of thioether (sulfide) groups is 1. The van der Waals surface area contributed by atoms with E-state index in [-0.39, 0.29) is 11.8 Å². The second-order valence-corrected chi connectivity index (χ2v) is 9.51. The van der Waals surface area contributed by atoms with Crippen LogP contribution in [0, 0.1) is 5.92 Å². The molecule has 0 aromatic heterocycles. The first-order chi connectivity index (χ1) is 14.7. The molecule has 3 fully saturated rings. The molecule has 6 nitrogen and oxygen atoms in total. The molecule has 2 amide bonds. The maximum atomic E-state index is 12.7. The average molecular weight is 432 g/mol. The van der Waals surface area contributed by atoms with Gasteiger partial charge in [-0.25, -0.2) is 0 Å². The molecule has 0 saturated carbocycles. The van der Waals surface area contributed by atoms with Crippen molar-refractivity contribution in [3.8, 4) is 0 Å². The van der Waals surface area contributed by atoms with Crippen molar-refractivity contribution in [1.82, 2.24) is 14.7 Å². The molecule has 3 saturated heterocycles. The number of nitrogens with zero attached hydrogens (tertiary/aromatic N) is 3. The minimum absolute atomic E-state index is 0.177. The van der Waals surface area contributed by atoms with Crippen molar-refractivity contribution in [3.63, 3.8) is 0 Å². The van der Waals surface area contributed by atoms with Crippen LogP contribution in [0.5, 0.6) is 0 Å². The number of hydrogen-bond acceptors (Lipinski definition) is 5. The summed E-state index contributed by atoms with van der Waals surface area (Å²) in [6.45, 7) is 6.54. The number of likely N-dealkylation sites (tertiary alicyclic amines) is 2. The summed E-state index contributed by atoms with van der Waals surface area (Å²) in [4.78, 5) is 33.0. The van der Waals surface area contributed by atoms with Gasteiger partial charge in [-0.05, 0) is 50.9 Å². The fraction of sp³-hybridized carbons (Fsp3) is 0.652. The Kier molecular flexibility index (Phi) is 7.68. The van der Waals surface area contributed by atoms with Crippen LogP contribution in [0.1, 0.15) is 25.7 Å². The van der Waals surface area contributed by atoms with Gasteiger partial charge in [0.15, 0.2) is 0 Å². The van der Waals surface area contributed by atoms with Crippen molar-refractivity contribution >= 4 is 23.6 Å². The number of carbonyl (C=O) groups excluding carboxylic acids is 2. The molecule has 7 heteroatoms. The topological polar surface area (TPSA) is 53.1 Å². The minimum atomic E-state index is 0.177. The summed E-state index contributed by atoms with van der Waals surface area (Å²) in [6, 6.07) is 10.7. The molecule has 1 aromatic carbocycles. The van der Waals surface area contributed by atoms with Gasteiger partial charge in [0.1, 0.15) is 0 Å². The molecule has 164 valence electrons. The number of morpholine rings is 1. The lowest BCUT2D eigenvalue weighted by molar-refractivity contribution is -0.141. The number of ether oxygens (including phenoxy) is 1. The summed E-state index contributed by atoms with van der Waals surface area (Å²) in [5.74, 6) is 1.27. The molecule has 3 heterocycles. The Bertz CT molecular complexity index is 695. The summed E-state index contributed by atoms with van der Waals surface area (Å²) in [7, 11) is 0. The molecule has 0 atom stereocenters. The molecule has 0 N–H and O–H groups in total. The van der Waals surface area contributed by atoms with E-state index in [4.69, 9.17) is 4.74 Å². The van der Waals surface area contributed by atoms with Gasteiger partial charge in [-0.3, -0.25) is 9.59 Å². The third kappa shape index (κ3) is 5.56. The number of benzene rings is 1. The zero-order chi connectivity index (χ0) is 20.8. The zero-order valence-corrected chi connectivity index (χ0v) is 18.5. The molecule has 0 radical (unpaired) electrons. The molecule has 0 spiro atoms. The van der Waals surface area contributed by atoms with Gasteiger partial charge in [0.05, 0.1) is 19.0 Å². The van der Waals surface area contributed by atoms with Gasteiger partial charge in [-0.15, -0.1) is 11.8 Å². The normalized spacial score (nSPS) is 22.3. The average Bonchev–Trinajstić information content (AvgIpc) is 2.83. The number of rotatable bonds is 5. The van der Waals surface area contributed by atoms with Gasteiger partial charge in [0.25, 0.3) is 0 Å². The number of amides is 2. The van der Waals surface area contributed by atoms with Crippen molar-refractivity contribution < 1.29 is 14.3 Å². The highest BCUT2D eigenvalue weighted by atomic mass is 32.2. The van der Waals surface area contributed by atoms with Crippen molar-refractivity contribution in [3.05, 3.63) is 30.3 Å². The predicted molar refractivity (Wildman–Crippen MR) is 118 cm³/mol. The summed E-state index contributed by atoms with van der Waals surface area (Å²) < 4.78 is 5.37. The van der Waals surface area contributed by atoms with Gasteiger partial charge < -0.3 is 19.4 Å². The minimum Gasteiger partial charge on any atom is -0.378 e. The lowest BCUT2D eigenvalue weighted by Crippen LogP contribution is -2.51. The van der Waals surface area contributed by atoms with E-state index in [0.717, 1.165) is 69.8 Å². The van der Waals surface area contributed by atoms with E-state index in [1.54, 1.807) is 11.8 Å². The van der Waals surface area contributed by atoms with Crippen LogP contribution in [0.15, 0.2) is 35.2 Å². The standard InChI is InChI=1S/C23H33N3O3S/c27-22(18-30-21-4-2-1-3-5-21)25-12-8-20(9-13-25)24-10-6-19(7-11-24)23(28)26-14-16-29-17-15-26/h1-5,19-20H,6-18H2. The maximum absolute atomic E-state index is 12.7. The van der Waals surface area contributed by atoms with Crippen LogP contribution in [0.25, 0.3) is 0 Å². The summed E-state index contributed by atoms with van der Waals surface area (Å²) in [5.41, 5.74) is 0. The summed E-state index contributed by atoms with van der Waals surface area (Å²) >= 11 is 1.62. The monoisotopic (exact) mass is 431 g/mol. The second kappa shape index (κ2) is 10.6. The Labute approximate surface area is 183 Å². The van der Waals surface area contributed by atoms with Crippen molar-refractivity contribution in [1.29, 1.82) is 0 Å². The second-order valence-electron chi connectivity index (χ2n) is 8.46.